The molecule has 1 aromatic rings. The Morgan fingerprint density at radius 2 is 1.92 bits per heavy atom. The highest BCUT2D eigenvalue weighted by Crippen LogP contribution is 2.22. The van der Waals surface area contributed by atoms with Gasteiger partial charge in [0.2, 0.25) is 0 Å². The van der Waals surface area contributed by atoms with E-state index in [1.165, 1.54) is 18.4 Å². The van der Waals surface area contributed by atoms with Gasteiger partial charge in [-0.2, -0.15) is 0 Å². The highest BCUT2D eigenvalue weighted by atomic mass is 14.1. The third kappa shape index (κ3) is 3.06. The highest BCUT2D eigenvalue weighted by molar-refractivity contribution is 5.23. The predicted octanol–water partition coefficient (Wildman–Crippen LogP) is 4.15. The van der Waals surface area contributed by atoms with Gasteiger partial charge >= 0.3 is 0 Å². The SMILES string of the molecule is CC=CC(CCC)c1ccccc1. The van der Waals surface area contributed by atoms with Gasteiger partial charge in [-0.3, -0.25) is 0 Å². The predicted molar refractivity (Wildman–Crippen MR) is 58.9 cm³/mol. The third-order valence-corrected chi connectivity index (χ3v) is 2.25. The first kappa shape index (κ1) is 10.0. The van der Waals surface area contributed by atoms with Gasteiger partial charge in [0.05, 0.1) is 0 Å². The first-order chi connectivity index (χ1) is 6.38. The molecule has 0 aliphatic rings. The van der Waals surface area contributed by atoms with Gasteiger partial charge in [0.1, 0.15) is 0 Å². The second-order valence-electron chi connectivity index (χ2n) is 3.33. The van der Waals surface area contributed by atoms with Gasteiger partial charge in [-0.25, -0.2) is 0 Å². The fourth-order valence-electron chi connectivity index (χ4n) is 1.62. The lowest BCUT2D eigenvalue weighted by Gasteiger charge is -2.11. The fraction of sp³-hybridized carbons (Fsp3) is 0.385. The maximum absolute atomic E-state index is 2.29. The molecule has 1 atom stereocenters. The van der Waals surface area contributed by atoms with E-state index in [1.807, 2.05) is 0 Å². The standard InChI is InChI=1S/C13H18/c1-3-8-12(9-4-2)13-10-6-5-7-11-13/h3,5-8,10-12H,4,9H2,1-2H3. The molecule has 0 N–H and O–H groups in total. The van der Waals surface area contributed by atoms with Crippen LogP contribution in [-0.2, 0) is 0 Å². The van der Waals surface area contributed by atoms with Crippen LogP contribution in [0.15, 0.2) is 42.5 Å². The smallest absolute Gasteiger partial charge is 0.00177 e. The molecule has 0 aliphatic heterocycles. The van der Waals surface area contributed by atoms with Crippen LogP contribution in [0.4, 0.5) is 0 Å². The zero-order valence-electron chi connectivity index (χ0n) is 8.53. The molecule has 0 fully saturated rings. The summed E-state index contributed by atoms with van der Waals surface area (Å²) in [5, 5.41) is 0. The summed E-state index contributed by atoms with van der Waals surface area (Å²) in [6.07, 6.45) is 6.92. The number of rotatable bonds is 4. The Labute approximate surface area is 81.3 Å². The Balaban J connectivity index is 2.76. The maximum atomic E-state index is 2.29. The van der Waals surface area contributed by atoms with E-state index < -0.39 is 0 Å². The first-order valence-corrected chi connectivity index (χ1v) is 5.06. The number of hydrogen-bond acceptors (Lipinski definition) is 0. The minimum Gasteiger partial charge on any atom is -0.0910 e. The van der Waals surface area contributed by atoms with E-state index in [0.717, 1.165) is 0 Å². The highest BCUT2D eigenvalue weighted by Gasteiger charge is 2.04. The lowest BCUT2D eigenvalue weighted by atomic mass is 9.94. The van der Waals surface area contributed by atoms with Crippen molar-refractivity contribution in [1.82, 2.24) is 0 Å². The minimum absolute atomic E-state index is 0.608. The van der Waals surface area contributed by atoms with Crippen LogP contribution in [0.1, 0.15) is 38.2 Å². The molecular formula is C13H18. The van der Waals surface area contributed by atoms with Crippen molar-refractivity contribution in [3.05, 3.63) is 48.0 Å². The van der Waals surface area contributed by atoms with Crippen molar-refractivity contribution < 1.29 is 0 Å². The zero-order chi connectivity index (χ0) is 9.52. The van der Waals surface area contributed by atoms with Crippen molar-refractivity contribution in [2.45, 2.75) is 32.6 Å². The van der Waals surface area contributed by atoms with E-state index in [0.29, 0.717) is 5.92 Å². The molecule has 0 aromatic heterocycles. The van der Waals surface area contributed by atoms with Crippen LogP contribution in [-0.4, -0.2) is 0 Å². The van der Waals surface area contributed by atoms with Gasteiger partial charge in [0.25, 0.3) is 0 Å². The Kier molecular flexibility index (Phi) is 4.31. The largest absolute Gasteiger partial charge is 0.0910 e. The summed E-state index contributed by atoms with van der Waals surface area (Å²) in [5.41, 5.74) is 1.43. The van der Waals surface area contributed by atoms with Gasteiger partial charge in [-0.05, 0) is 18.9 Å². The fourth-order valence-corrected chi connectivity index (χ4v) is 1.62. The lowest BCUT2D eigenvalue weighted by molar-refractivity contribution is 0.716. The molecule has 0 heterocycles. The van der Waals surface area contributed by atoms with E-state index in [1.54, 1.807) is 0 Å². The molecule has 13 heavy (non-hydrogen) atoms. The molecule has 1 aromatic carbocycles. The van der Waals surface area contributed by atoms with Crippen molar-refractivity contribution in [3.8, 4) is 0 Å². The maximum Gasteiger partial charge on any atom is 0.00177 e. The van der Waals surface area contributed by atoms with Gasteiger partial charge in [0, 0.05) is 5.92 Å². The van der Waals surface area contributed by atoms with Crippen molar-refractivity contribution >= 4 is 0 Å². The Hall–Kier alpha value is -1.04. The molecular weight excluding hydrogens is 156 g/mol. The first-order valence-electron chi connectivity index (χ1n) is 5.06. The molecule has 1 rings (SSSR count). The summed E-state index contributed by atoms with van der Waals surface area (Å²) in [7, 11) is 0. The molecule has 70 valence electrons. The summed E-state index contributed by atoms with van der Waals surface area (Å²) in [5.74, 6) is 0.608. The van der Waals surface area contributed by atoms with Crippen molar-refractivity contribution in [1.29, 1.82) is 0 Å². The molecule has 0 amide bonds. The molecule has 0 nitrogen and oxygen atoms in total. The monoisotopic (exact) mass is 174 g/mol. The molecule has 0 heteroatoms. The zero-order valence-corrected chi connectivity index (χ0v) is 8.53. The molecule has 1 unspecified atom stereocenters. The topological polar surface area (TPSA) is 0 Å². The van der Waals surface area contributed by atoms with Crippen LogP contribution < -0.4 is 0 Å². The molecule has 0 saturated heterocycles. The van der Waals surface area contributed by atoms with E-state index >= 15 is 0 Å². The van der Waals surface area contributed by atoms with Crippen molar-refractivity contribution in [2.75, 3.05) is 0 Å². The molecule has 0 saturated carbocycles. The van der Waals surface area contributed by atoms with E-state index in [-0.39, 0.29) is 0 Å². The van der Waals surface area contributed by atoms with E-state index in [2.05, 4.69) is 56.3 Å². The van der Waals surface area contributed by atoms with Gasteiger partial charge in [0.15, 0.2) is 0 Å². The van der Waals surface area contributed by atoms with E-state index in [9.17, 15) is 0 Å². The van der Waals surface area contributed by atoms with Gasteiger partial charge in [-0.15, -0.1) is 0 Å². The van der Waals surface area contributed by atoms with Crippen LogP contribution >= 0.6 is 0 Å². The number of allylic oxidation sites excluding steroid dienone is 2. The van der Waals surface area contributed by atoms with Crippen LogP contribution in [0.5, 0.6) is 0 Å². The van der Waals surface area contributed by atoms with Crippen LogP contribution in [0, 0.1) is 0 Å². The Morgan fingerprint density at radius 1 is 1.23 bits per heavy atom. The quantitative estimate of drug-likeness (QED) is 0.602. The summed E-state index contributed by atoms with van der Waals surface area (Å²) < 4.78 is 0. The summed E-state index contributed by atoms with van der Waals surface area (Å²) in [6, 6.07) is 10.7. The van der Waals surface area contributed by atoms with Crippen LogP contribution in [0.25, 0.3) is 0 Å². The van der Waals surface area contributed by atoms with E-state index in [4.69, 9.17) is 0 Å². The second kappa shape index (κ2) is 5.58. The molecule has 0 aliphatic carbocycles. The number of hydrogen-bond donors (Lipinski definition) is 0. The summed E-state index contributed by atoms with van der Waals surface area (Å²) in [6.45, 7) is 4.32. The van der Waals surface area contributed by atoms with Gasteiger partial charge < -0.3 is 0 Å². The second-order valence-corrected chi connectivity index (χ2v) is 3.33. The molecule has 0 bridgehead atoms. The van der Waals surface area contributed by atoms with Crippen molar-refractivity contribution in [2.24, 2.45) is 0 Å². The van der Waals surface area contributed by atoms with Gasteiger partial charge in [-0.1, -0.05) is 55.8 Å². The normalized spacial score (nSPS) is 13.4. The average molecular weight is 174 g/mol. The summed E-state index contributed by atoms with van der Waals surface area (Å²) >= 11 is 0. The van der Waals surface area contributed by atoms with Crippen molar-refractivity contribution in [3.63, 3.8) is 0 Å². The Bertz CT molecular complexity index is 246. The minimum atomic E-state index is 0.608. The third-order valence-electron chi connectivity index (χ3n) is 2.25. The molecule has 0 radical (unpaired) electrons. The summed E-state index contributed by atoms with van der Waals surface area (Å²) in [4.78, 5) is 0. The Morgan fingerprint density at radius 3 is 2.46 bits per heavy atom. The molecule has 0 spiro atoms. The van der Waals surface area contributed by atoms with Crippen LogP contribution in [0.3, 0.4) is 0 Å². The average Bonchev–Trinajstić information content (AvgIpc) is 2.19. The lowest BCUT2D eigenvalue weighted by Crippen LogP contribution is -1.93. The van der Waals surface area contributed by atoms with Crippen LogP contribution in [0.2, 0.25) is 0 Å². The number of benzene rings is 1.